The number of esters is 2. The number of carboxylic acid groups (broad SMARTS) is 1. The van der Waals surface area contributed by atoms with Crippen molar-refractivity contribution in [2.24, 2.45) is 0 Å². The molecule has 0 saturated carbocycles. The molecule has 0 heterocycles. The minimum atomic E-state index is -1.12. The molecule has 2 unspecified atom stereocenters. The van der Waals surface area contributed by atoms with Crippen LogP contribution in [0.1, 0.15) is 239 Å². The summed E-state index contributed by atoms with van der Waals surface area (Å²) in [5.74, 6) is -1.73. The van der Waals surface area contributed by atoms with E-state index in [9.17, 15) is 19.5 Å². The van der Waals surface area contributed by atoms with Crippen molar-refractivity contribution in [3.05, 3.63) is 24.3 Å². The predicted octanol–water partition coefficient (Wildman–Crippen LogP) is 13.1. The van der Waals surface area contributed by atoms with Gasteiger partial charge in [-0.05, 0) is 64.2 Å². The van der Waals surface area contributed by atoms with Crippen LogP contribution in [-0.2, 0) is 28.6 Å². The molecule has 8 heteroatoms. The SMILES string of the molecule is CCCCCC/C=C/CCCCCCCCCC(=O)OCC(COCCC(C(=O)[O-])[N+](C)(C)C)OC(=O)CCCCCCCCC/C=C/CCCCCCCCCCCC. The molecule has 60 heavy (non-hydrogen) atoms. The Balaban J connectivity index is 4.24. The first-order valence-corrected chi connectivity index (χ1v) is 25.4. The molecule has 8 nitrogen and oxygen atoms in total. The van der Waals surface area contributed by atoms with Crippen LogP contribution in [0.5, 0.6) is 0 Å². The summed E-state index contributed by atoms with van der Waals surface area (Å²) in [7, 11) is 5.42. The first-order valence-electron chi connectivity index (χ1n) is 25.4. The van der Waals surface area contributed by atoms with E-state index in [1.807, 2.05) is 0 Å². The number of allylic oxidation sites excluding steroid dienone is 4. The van der Waals surface area contributed by atoms with E-state index in [0.717, 1.165) is 38.5 Å². The highest BCUT2D eigenvalue weighted by Crippen LogP contribution is 2.15. The van der Waals surface area contributed by atoms with Crippen LogP contribution in [-0.4, -0.2) is 75.5 Å². The normalized spacial score (nSPS) is 13.0. The second-order valence-electron chi connectivity index (χ2n) is 18.4. The third kappa shape index (κ3) is 41.2. The standard InChI is InChI=1S/C52H97NO7/c1-6-8-10-12-14-16-18-20-22-23-24-25-26-27-29-31-33-35-37-39-41-43-51(55)60-48(46-58-45-44-49(52(56)57)53(3,4)5)47-59-50(54)42-40-38-36-34-32-30-28-21-19-17-15-13-11-9-7-2/h17,19,25-26,48-49H,6-16,18,20-24,27-47H2,1-5H3/b19-17+,26-25+. The predicted molar refractivity (Wildman–Crippen MR) is 250 cm³/mol. The van der Waals surface area contributed by atoms with Crippen LogP contribution in [0.2, 0.25) is 0 Å². The van der Waals surface area contributed by atoms with Gasteiger partial charge in [0.25, 0.3) is 0 Å². The molecule has 0 aromatic carbocycles. The topological polar surface area (TPSA) is 102 Å². The Labute approximate surface area is 371 Å². The highest BCUT2D eigenvalue weighted by Gasteiger charge is 2.25. The molecule has 0 aliphatic rings. The van der Waals surface area contributed by atoms with Crippen LogP contribution in [0.4, 0.5) is 0 Å². The molecule has 0 spiro atoms. The molecule has 0 fully saturated rings. The van der Waals surface area contributed by atoms with Crippen LogP contribution in [0.25, 0.3) is 0 Å². The Kier molecular flexibility index (Phi) is 41.9. The van der Waals surface area contributed by atoms with Gasteiger partial charge in [0.1, 0.15) is 12.6 Å². The summed E-state index contributed by atoms with van der Waals surface area (Å²) in [5.41, 5.74) is 0. The lowest BCUT2D eigenvalue weighted by Gasteiger charge is -2.34. The Morgan fingerprint density at radius 3 is 1.22 bits per heavy atom. The number of hydrogen-bond acceptors (Lipinski definition) is 7. The molecule has 0 aliphatic heterocycles. The van der Waals surface area contributed by atoms with Crippen molar-refractivity contribution in [3.63, 3.8) is 0 Å². The van der Waals surface area contributed by atoms with E-state index in [1.165, 1.54) is 167 Å². The van der Waals surface area contributed by atoms with Gasteiger partial charge < -0.3 is 28.6 Å². The maximum Gasteiger partial charge on any atom is 0.306 e. The zero-order valence-electron chi connectivity index (χ0n) is 40.1. The fraction of sp³-hybridized carbons (Fsp3) is 0.865. The molecule has 0 bridgehead atoms. The average molecular weight is 848 g/mol. The van der Waals surface area contributed by atoms with E-state index in [-0.39, 0.29) is 42.7 Å². The highest BCUT2D eigenvalue weighted by atomic mass is 16.6. The fourth-order valence-corrected chi connectivity index (χ4v) is 7.59. The first kappa shape index (κ1) is 57.8. The second-order valence-corrected chi connectivity index (χ2v) is 18.4. The van der Waals surface area contributed by atoms with Gasteiger partial charge in [0, 0.05) is 19.3 Å². The van der Waals surface area contributed by atoms with Crippen LogP contribution in [0.3, 0.4) is 0 Å². The zero-order chi connectivity index (χ0) is 44.2. The molecular weight excluding hydrogens is 751 g/mol. The van der Waals surface area contributed by atoms with E-state index in [0.29, 0.717) is 12.8 Å². The fourth-order valence-electron chi connectivity index (χ4n) is 7.59. The van der Waals surface area contributed by atoms with Gasteiger partial charge in [-0.25, -0.2) is 0 Å². The van der Waals surface area contributed by atoms with Crippen molar-refractivity contribution in [1.29, 1.82) is 0 Å². The summed E-state index contributed by atoms with van der Waals surface area (Å²) in [6.07, 6.45) is 49.2. The third-order valence-electron chi connectivity index (χ3n) is 11.6. The van der Waals surface area contributed by atoms with Gasteiger partial charge >= 0.3 is 11.9 Å². The molecular formula is C52H97NO7. The average Bonchev–Trinajstić information content (AvgIpc) is 3.21. The molecule has 0 aliphatic carbocycles. The van der Waals surface area contributed by atoms with Gasteiger partial charge in [0.05, 0.1) is 40.3 Å². The summed E-state index contributed by atoms with van der Waals surface area (Å²) in [4.78, 5) is 37.0. The lowest BCUT2D eigenvalue weighted by atomic mass is 10.1. The molecule has 0 amide bonds. The largest absolute Gasteiger partial charge is 0.544 e. The number of ether oxygens (including phenoxy) is 3. The number of aliphatic carboxylic acids is 1. The maximum atomic E-state index is 12.8. The molecule has 0 aromatic rings. The van der Waals surface area contributed by atoms with Crippen LogP contribution in [0.15, 0.2) is 24.3 Å². The maximum absolute atomic E-state index is 12.8. The number of unbranched alkanes of at least 4 members (excludes halogenated alkanes) is 28. The van der Waals surface area contributed by atoms with Crippen molar-refractivity contribution >= 4 is 17.9 Å². The summed E-state index contributed by atoms with van der Waals surface area (Å²) in [6, 6.07) is -0.725. The van der Waals surface area contributed by atoms with Gasteiger partial charge in [-0.15, -0.1) is 0 Å². The minimum absolute atomic E-state index is 0.0409. The monoisotopic (exact) mass is 848 g/mol. The molecule has 352 valence electrons. The Morgan fingerprint density at radius 1 is 0.483 bits per heavy atom. The third-order valence-corrected chi connectivity index (χ3v) is 11.6. The Morgan fingerprint density at radius 2 is 0.833 bits per heavy atom. The molecule has 0 radical (unpaired) electrons. The lowest BCUT2D eigenvalue weighted by Crippen LogP contribution is -2.55. The smallest absolute Gasteiger partial charge is 0.306 e. The Hall–Kier alpha value is -2.19. The van der Waals surface area contributed by atoms with E-state index in [4.69, 9.17) is 14.2 Å². The molecule has 0 aromatic heterocycles. The number of nitrogens with zero attached hydrogens (tertiary/aromatic N) is 1. The van der Waals surface area contributed by atoms with E-state index < -0.39 is 18.1 Å². The van der Waals surface area contributed by atoms with Crippen molar-refractivity contribution in [1.82, 2.24) is 0 Å². The number of hydrogen-bond donors (Lipinski definition) is 0. The van der Waals surface area contributed by atoms with Crippen LogP contribution in [0, 0.1) is 0 Å². The lowest BCUT2D eigenvalue weighted by molar-refractivity contribution is -0.889. The van der Waals surface area contributed by atoms with E-state index in [2.05, 4.69) is 38.2 Å². The number of carbonyl (C=O) groups excluding carboxylic acids is 3. The first-order chi connectivity index (χ1) is 29.1. The van der Waals surface area contributed by atoms with E-state index in [1.54, 1.807) is 21.1 Å². The van der Waals surface area contributed by atoms with Crippen LogP contribution < -0.4 is 5.11 Å². The van der Waals surface area contributed by atoms with Crippen molar-refractivity contribution < 1.29 is 38.2 Å². The van der Waals surface area contributed by atoms with Crippen molar-refractivity contribution in [2.75, 3.05) is 41.0 Å². The number of carboxylic acids is 1. The summed E-state index contributed by atoms with van der Waals surface area (Å²) in [6.45, 7) is 4.67. The molecule has 0 saturated heterocycles. The summed E-state index contributed by atoms with van der Waals surface area (Å²) >= 11 is 0. The van der Waals surface area contributed by atoms with Gasteiger partial charge in [0.15, 0.2) is 6.10 Å². The van der Waals surface area contributed by atoms with Gasteiger partial charge in [-0.3, -0.25) is 9.59 Å². The second kappa shape index (κ2) is 43.5. The summed E-state index contributed by atoms with van der Waals surface area (Å²) in [5, 5.41) is 11.7. The molecule has 0 N–H and O–H groups in total. The summed E-state index contributed by atoms with van der Waals surface area (Å²) < 4.78 is 17.2. The van der Waals surface area contributed by atoms with Crippen molar-refractivity contribution in [3.8, 4) is 0 Å². The number of rotatable bonds is 46. The number of likely N-dealkylation sites (N-methyl/N-ethyl adjacent to an activating group) is 1. The molecule has 0 rings (SSSR count). The Bertz CT molecular complexity index is 1040. The minimum Gasteiger partial charge on any atom is -0.544 e. The van der Waals surface area contributed by atoms with Gasteiger partial charge in [-0.2, -0.15) is 0 Å². The number of quaternary nitrogens is 1. The zero-order valence-corrected chi connectivity index (χ0v) is 40.1. The van der Waals surface area contributed by atoms with Crippen LogP contribution >= 0.6 is 0 Å². The van der Waals surface area contributed by atoms with E-state index >= 15 is 0 Å². The van der Waals surface area contributed by atoms with Gasteiger partial charge in [0.2, 0.25) is 0 Å². The highest BCUT2D eigenvalue weighted by molar-refractivity contribution is 5.70. The van der Waals surface area contributed by atoms with Gasteiger partial charge in [-0.1, -0.05) is 179 Å². The quantitative estimate of drug-likeness (QED) is 0.0260. The number of carbonyl (C=O) groups is 3. The molecule has 2 atom stereocenters. The van der Waals surface area contributed by atoms with Crippen molar-refractivity contribution in [2.45, 2.75) is 251 Å².